The minimum Gasteiger partial charge on any atom is -0.301 e. The highest BCUT2D eigenvalue weighted by molar-refractivity contribution is 7.98. The Balaban J connectivity index is 1.60. The lowest BCUT2D eigenvalue weighted by molar-refractivity contribution is 0.318. The molecule has 0 saturated heterocycles. The Morgan fingerprint density at radius 3 is 2.68 bits per heavy atom. The lowest BCUT2D eigenvalue weighted by Gasteiger charge is -2.21. The Bertz CT molecular complexity index is 1610. The van der Waals surface area contributed by atoms with Gasteiger partial charge in [-0.15, -0.1) is 21.5 Å². The van der Waals surface area contributed by atoms with Crippen LogP contribution in [-0.2, 0) is 18.7 Å². The second kappa shape index (κ2) is 8.70. The van der Waals surface area contributed by atoms with E-state index >= 15 is 0 Å². The van der Waals surface area contributed by atoms with Crippen LogP contribution in [0.5, 0.6) is 0 Å². The summed E-state index contributed by atoms with van der Waals surface area (Å²) < 4.78 is 3.67. The summed E-state index contributed by atoms with van der Waals surface area (Å²) in [4.78, 5) is 18.3. The summed E-state index contributed by atoms with van der Waals surface area (Å²) in [5.74, 6) is 1.14. The summed E-state index contributed by atoms with van der Waals surface area (Å²) in [7, 11) is 2.11. The van der Waals surface area contributed by atoms with Crippen molar-refractivity contribution in [2.24, 2.45) is 0 Å². The van der Waals surface area contributed by atoms with E-state index in [4.69, 9.17) is 23.2 Å². The molecule has 0 atom stereocenters. The Labute approximate surface area is 213 Å². The second-order valence-corrected chi connectivity index (χ2v) is 11.2. The van der Waals surface area contributed by atoms with Crippen molar-refractivity contribution in [3.05, 3.63) is 84.9 Å². The van der Waals surface area contributed by atoms with Crippen LogP contribution >= 0.6 is 46.3 Å². The van der Waals surface area contributed by atoms with Crippen molar-refractivity contribution in [2.75, 3.05) is 13.6 Å². The first-order chi connectivity index (χ1) is 16.5. The normalized spacial score (nSPS) is 14.2. The van der Waals surface area contributed by atoms with E-state index in [1.165, 1.54) is 4.88 Å². The van der Waals surface area contributed by atoms with Gasteiger partial charge >= 0.3 is 0 Å². The molecule has 3 aromatic heterocycles. The molecule has 0 aliphatic carbocycles. The minimum absolute atomic E-state index is 0.0677. The molecule has 6 nitrogen and oxygen atoms in total. The van der Waals surface area contributed by atoms with Crippen LogP contribution in [0.3, 0.4) is 0 Å². The van der Waals surface area contributed by atoms with Crippen LogP contribution < -0.4 is 5.56 Å². The van der Waals surface area contributed by atoms with Crippen LogP contribution in [0.4, 0.5) is 0 Å². The highest BCUT2D eigenvalue weighted by Gasteiger charge is 2.26. The molecule has 0 fully saturated rings. The molecule has 172 valence electrons. The maximum absolute atomic E-state index is 13.9. The topological polar surface area (TPSA) is 55.4 Å². The van der Waals surface area contributed by atoms with E-state index in [1.54, 1.807) is 39.8 Å². The zero-order valence-electron chi connectivity index (χ0n) is 18.2. The highest BCUT2D eigenvalue weighted by Crippen LogP contribution is 2.36. The summed E-state index contributed by atoms with van der Waals surface area (Å²) in [5, 5.41) is 11.8. The Hall–Kier alpha value is -2.36. The maximum Gasteiger partial charge on any atom is 0.268 e. The Kier molecular flexibility index (Phi) is 5.66. The molecule has 34 heavy (non-hydrogen) atoms. The lowest BCUT2D eigenvalue weighted by Crippen LogP contribution is -2.27. The maximum atomic E-state index is 13.9. The third-order valence-corrected chi connectivity index (χ3v) is 8.87. The molecule has 5 aromatic rings. The number of hydrogen-bond donors (Lipinski definition) is 0. The number of likely N-dealkylation sites (N-methyl/N-ethyl adjacent to an activating group) is 1. The number of nitrogens with zero attached hydrogens (tertiary/aromatic N) is 5. The van der Waals surface area contributed by atoms with E-state index in [-0.39, 0.29) is 5.56 Å². The Morgan fingerprint density at radius 1 is 1.09 bits per heavy atom. The van der Waals surface area contributed by atoms with Crippen LogP contribution in [0.25, 0.3) is 21.7 Å². The number of thiophene rings is 1. The third kappa shape index (κ3) is 3.65. The molecule has 6 rings (SSSR count). The average molecular weight is 528 g/mol. The fourth-order valence-corrected chi connectivity index (χ4v) is 7.18. The summed E-state index contributed by atoms with van der Waals surface area (Å²) in [6.07, 6.45) is 0.845. The van der Waals surface area contributed by atoms with Gasteiger partial charge in [-0.1, -0.05) is 53.2 Å². The smallest absolute Gasteiger partial charge is 0.268 e. The summed E-state index contributed by atoms with van der Waals surface area (Å²) in [5.41, 5.74) is 2.81. The molecular formula is C24H19Cl2N5OS2. The highest BCUT2D eigenvalue weighted by atomic mass is 35.5. The largest absolute Gasteiger partial charge is 0.301 e. The lowest BCUT2D eigenvalue weighted by atomic mass is 10.1. The zero-order valence-corrected chi connectivity index (χ0v) is 21.3. The first-order valence-corrected chi connectivity index (χ1v) is 13.3. The zero-order chi connectivity index (χ0) is 23.4. The summed E-state index contributed by atoms with van der Waals surface area (Å²) in [6, 6.07) is 15.0. The van der Waals surface area contributed by atoms with E-state index in [0.29, 0.717) is 22.2 Å². The quantitative estimate of drug-likeness (QED) is 0.281. The number of fused-ring (bicyclic) bond motifs is 5. The van der Waals surface area contributed by atoms with Crippen LogP contribution in [0, 0.1) is 0 Å². The molecular weight excluding hydrogens is 509 g/mol. The average Bonchev–Trinajstić information content (AvgIpc) is 3.41. The second-order valence-electron chi connectivity index (χ2n) is 8.29. The van der Waals surface area contributed by atoms with Crippen molar-refractivity contribution in [3.8, 4) is 5.69 Å². The molecule has 0 N–H and O–H groups in total. The first-order valence-electron chi connectivity index (χ1n) is 10.8. The number of halogens is 2. The standard InChI is InChI=1S/C24H19Cl2N5OS2/c1-29-11-10-17-19(12-29)34-22-20(17)21(32)30(16-8-6-15(25)7-9-16)23-27-28-24(31(22)23)33-13-14-4-2-3-5-18(14)26/h2-9H,10-13H2,1H3. The van der Waals surface area contributed by atoms with E-state index in [0.717, 1.165) is 51.0 Å². The van der Waals surface area contributed by atoms with Crippen LogP contribution in [0.15, 0.2) is 58.5 Å². The number of benzene rings is 2. The predicted molar refractivity (Wildman–Crippen MR) is 140 cm³/mol. The van der Waals surface area contributed by atoms with E-state index in [1.807, 2.05) is 40.8 Å². The van der Waals surface area contributed by atoms with Crippen molar-refractivity contribution in [3.63, 3.8) is 0 Å². The molecule has 10 heteroatoms. The van der Waals surface area contributed by atoms with Gasteiger partial charge in [-0.3, -0.25) is 4.79 Å². The van der Waals surface area contributed by atoms with Gasteiger partial charge in [-0.2, -0.15) is 0 Å². The van der Waals surface area contributed by atoms with E-state index < -0.39 is 0 Å². The SMILES string of the molecule is CN1CCc2c(sc3c2c(=O)n(-c2ccc(Cl)cc2)c2nnc(SCc4ccccc4Cl)n32)C1. The van der Waals surface area contributed by atoms with Crippen LogP contribution in [0.2, 0.25) is 10.0 Å². The molecule has 0 radical (unpaired) electrons. The van der Waals surface area contributed by atoms with Crippen molar-refractivity contribution in [1.82, 2.24) is 24.1 Å². The van der Waals surface area contributed by atoms with Gasteiger partial charge in [0.05, 0.1) is 11.1 Å². The van der Waals surface area contributed by atoms with Crippen molar-refractivity contribution >= 4 is 62.3 Å². The Morgan fingerprint density at radius 2 is 1.88 bits per heavy atom. The predicted octanol–water partition coefficient (Wildman–Crippen LogP) is 5.68. The minimum atomic E-state index is -0.0677. The van der Waals surface area contributed by atoms with Crippen LogP contribution in [-0.4, -0.2) is 37.7 Å². The molecule has 0 bridgehead atoms. The van der Waals surface area contributed by atoms with Crippen LogP contribution in [0.1, 0.15) is 16.0 Å². The number of hydrogen-bond acceptors (Lipinski definition) is 6. The monoisotopic (exact) mass is 527 g/mol. The van der Waals surface area contributed by atoms with Gasteiger partial charge in [0.1, 0.15) is 4.83 Å². The summed E-state index contributed by atoms with van der Waals surface area (Å²) in [6.45, 7) is 1.76. The molecule has 1 aliphatic heterocycles. The molecule has 4 heterocycles. The van der Waals surface area contributed by atoms with Gasteiger partial charge in [-0.05, 0) is 54.9 Å². The van der Waals surface area contributed by atoms with Gasteiger partial charge in [0.25, 0.3) is 5.56 Å². The number of aromatic nitrogens is 4. The van der Waals surface area contributed by atoms with E-state index in [2.05, 4.69) is 22.1 Å². The van der Waals surface area contributed by atoms with Gasteiger partial charge in [0.15, 0.2) is 5.16 Å². The molecule has 2 aromatic carbocycles. The molecule has 0 saturated carbocycles. The van der Waals surface area contributed by atoms with Crippen molar-refractivity contribution < 1.29 is 0 Å². The molecule has 0 spiro atoms. The molecule has 0 unspecified atom stereocenters. The molecule has 1 aliphatic rings. The first kappa shape index (κ1) is 22.1. The summed E-state index contributed by atoms with van der Waals surface area (Å²) >= 11 is 15.7. The fraction of sp³-hybridized carbons (Fsp3) is 0.208. The van der Waals surface area contributed by atoms with Gasteiger partial charge in [0.2, 0.25) is 5.78 Å². The fourth-order valence-electron chi connectivity index (χ4n) is 4.36. The van der Waals surface area contributed by atoms with Gasteiger partial charge in [0, 0.05) is 33.8 Å². The van der Waals surface area contributed by atoms with Crippen molar-refractivity contribution in [2.45, 2.75) is 23.9 Å². The van der Waals surface area contributed by atoms with Gasteiger partial charge in [-0.25, -0.2) is 8.97 Å². The molecule has 0 amide bonds. The van der Waals surface area contributed by atoms with Gasteiger partial charge < -0.3 is 4.90 Å². The third-order valence-electron chi connectivity index (χ3n) is 6.06. The number of rotatable bonds is 4. The van der Waals surface area contributed by atoms with Crippen molar-refractivity contribution in [1.29, 1.82) is 0 Å². The van der Waals surface area contributed by atoms with E-state index in [9.17, 15) is 4.79 Å². The number of thioether (sulfide) groups is 1.